The van der Waals surface area contributed by atoms with Crippen LogP contribution >= 0.6 is 0 Å². The minimum absolute atomic E-state index is 0.257. The van der Waals surface area contributed by atoms with Crippen molar-refractivity contribution in [2.75, 3.05) is 0 Å². The van der Waals surface area contributed by atoms with Crippen LogP contribution in [0.2, 0.25) is 0 Å². The van der Waals surface area contributed by atoms with Crippen LogP contribution in [-0.4, -0.2) is 24.0 Å². The molecule has 5 heteroatoms. The van der Waals surface area contributed by atoms with Crippen LogP contribution in [0.5, 0.6) is 0 Å². The van der Waals surface area contributed by atoms with Gasteiger partial charge in [-0.15, -0.1) is 0 Å². The van der Waals surface area contributed by atoms with E-state index in [1.165, 1.54) is 17.0 Å². The van der Waals surface area contributed by atoms with E-state index in [0.717, 1.165) is 11.0 Å². The van der Waals surface area contributed by atoms with Crippen molar-refractivity contribution in [3.63, 3.8) is 0 Å². The molecule has 0 bridgehead atoms. The molecule has 1 aliphatic rings. The van der Waals surface area contributed by atoms with Crippen molar-refractivity contribution < 1.29 is 9.59 Å². The molecule has 1 aliphatic heterocycles. The van der Waals surface area contributed by atoms with Gasteiger partial charge in [-0.1, -0.05) is 29.7 Å². The van der Waals surface area contributed by atoms with Crippen molar-refractivity contribution in [1.82, 2.24) is 4.81 Å². The van der Waals surface area contributed by atoms with Gasteiger partial charge in [0.2, 0.25) is 11.8 Å². The Morgan fingerprint density at radius 1 is 1.06 bits per heavy atom. The Morgan fingerprint density at radius 3 is 2.12 bits per heavy atom. The highest BCUT2D eigenvalue weighted by atomic mass is 16.2. The Bertz CT molecular complexity index is 436. The summed E-state index contributed by atoms with van der Waals surface area (Å²) in [6.07, 6.45) is 2.58. The van der Waals surface area contributed by atoms with Gasteiger partial charge in [0.15, 0.2) is 0 Å². The number of hydrogen-bond donors (Lipinski definition) is 1. The maximum absolute atomic E-state index is 11.3. The molecule has 4 nitrogen and oxygen atoms in total. The third kappa shape index (κ3) is 2.04. The summed E-state index contributed by atoms with van der Waals surface area (Å²) >= 11 is 0. The van der Waals surface area contributed by atoms with Gasteiger partial charge in [-0.25, -0.2) is 0 Å². The van der Waals surface area contributed by atoms with Crippen molar-refractivity contribution in [2.45, 2.75) is 6.54 Å². The summed E-state index contributed by atoms with van der Waals surface area (Å²) in [6.45, 7) is 0.489. The molecule has 0 spiro atoms. The van der Waals surface area contributed by atoms with Crippen molar-refractivity contribution in [2.24, 2.45) is 5.73 Å². The first-order valence-electron chi connectivity index (χ1n) is 5.02. The number of hydrogen-bond acceptors (Lipinski definition) is 3. The first kappa shape index (κ1) is 10.6. The molecule has 2 amide bonds. The van der Waals surface area contributed by atoms with E-state index in [0.29, 0.717) is 14.0 Å². The van der Waals surface area contributed by atoms with Crippen molar-refractivity contribution in [3.05, 3.63) is 42.0 Å². The second-order valence-corrected chi connectivity index (χ2v) is 3.62. The van der Waals surface area contributed by atoms with E-state index in [1.807, 2.05) is 24.3 Å². The van der Waals surface area contributed by atoms with Crippen LogP contribution < -0.4 is 11.2 Å². The third-order valence-corrected chi connectivity index (χ3v) is 2.50. The fourth-order valence-corrected chi connectivity index (χ4v) is 1.55. The molecule has 80 valence electrons. The second kappa shape index (κ2) is 4.32. The van der Waals surface area contributed by atoms with Gasteiger partial charge in [0.25, 0.3) is 7.41 Å². The van der Waals surface area contributed by atoms with Gasteiger partial charge >= 0.3 is 0 Å². The van der Waals surface area contributed by atoms with Crippen LogP contribution in [0.25, 0.3) is 0 Å². The summed E-state index contributed by atoms with van der Waals surface area (Å²) in [5.74, 6) is -0.513. The zero-order valence-electron chi connectivity index (χ0n) is 8.72. The van der Waals surface area contributed by atoms with Gasteiger partial charge in [0.1, 0.15) is 0 Å². The molecule has 0 fully saturated rings. The predicted octanol–water partition coefficient (Wildman–Crippen LogP) is -0.953. The SMILES string of the molecule is NCc1ccc(BN2C(=O)C=CC2=O)cc1. The molecule has 0 unspecified atom stereocenters. The van der Waals surface area contributed by atoms with Crippen LogP contribution in [-0.2, 0) is 16.1 Å². The lowest BCUT2D eigenvalue weighted by atomic mass is 9.80. The molecule has 1 aromatic rings. The van der Waals surface area contributed by atoms with E-state index in [2.05, 4.69) is 0 Å². The molecule has 16 heavy (non-hydrogen) atoms. The van der Waals surface area contributed by atoms with Crippen LogP contribution in [0.3, 0.4) is 0 Å². The van der Waals surface area contributed by atoms with Gasteiger partial charge in [-0.05, 0) is 5.56 Å². The van der Waals surface area contributed by atoms with Crippen molar-refractivity contribution in [3.8, 4) is 0 Å². The lowest BCUT2D eigenvalue weighted by Gasteiger charge is -2.12. The van der Waals surface area contributed by atoms with Gasteiger partial charge in [0.05, 0.1) is 0 Å². The molecule has 0 saturated carbocycles. The molecule has 2 N–H and O–H groups in total. The maximum atomic E-state index is 11.3. The first-order valence-corrected chi connectivity index (χ1v) is 5.02. The molecule has 0 aliphatic carbocycles. The Labute approximate surface area is 94.0 Å². The normalized spacial score (nSPS) is 14.7. The topological polar surface area (TPSA) is 63.4 Å². The molecule has 0 aromatic heterocycles. The highest BCUT2D eigenvalue weighted by Gasteiger charge is 2.23. The van der Waals surface area contributed by atoms with E-state index in [4.69, 9.17) is 5.73 Å². The number of nitrogens with zero attached hydrogens (tertiary/aromatic N) is 1. The number of imide groups is 1. The maximum Gasteiger partial charge on any atom is 0.283 e. The van der Waals surface area contributed by atoms with Crippen molar-refractivity contribution in [1.29, 1.82) is 0 Å². The average molecular weight is 214 g/mol. The summed E-state index contributed by atoms with van der Waals surface area (Å²) in [4.78, 5) is 23.8. The van der Waals surface area contributed by atoms with Crippen LogP contribution in [0.4, 0.5) is 0 Å². The van der Waals surface area contributed by atoms with E-state index < -0.39 is 0 Å². The zero-order chi connectivity index (χ0) is 11.5. The highest BCUT2D eigenvalue weighted by Crippen LogP contribution is 2.02. The Kier molecular flexibility index (Phi) is 2.87. The van der Waals surface area contributed by atoms with Gasteiger partial charge < -0.3 is 10.5 Å². The van der Waals surface area contributed by atoms with Gasteiger partial charge in [0, 0.05) is 18.7 Å². The van der Waals surface area contributed by atoms with E-state index in [1.54, 1.807) is 0 Å². The standard InChI is InChI=1S/C11H11BN2O2/c13-7-8-1-3-9(4-2-8)12-14-10(15)5-6-11(14)16/h1-6,12H,7,13H2. The molecule has 0 saturated heterocycles. The minimum Gasteiger partial charge on any atom is -0.326 e. The predicted molar refractivity (Wildman–Crippen MR) is 62.1 cm³/mol. The van der Waals surface area contributed by atoms with Gasteiger partial charge in [-0.2, -0.15) is 0 Å². The Hall–Kier alpha value is -1.88. The molecule has 0 atom stereocenters. The first-order chi connectivity index (χ1) is 7.70. The van der Waals surface area contributed by atoms with Gasteiger partial charge in [-0.3, -0.25) is 9.59 Å². The molecule has 1 aromatic carbocycles. The van der Waals surface area contributed by atoms with Crippen LogP contribution in [0.1, 0.15) is 5.56 Å². The number of nitrogens with two attached hydrogens (primary N) is 1. The summed E-state index contributed by atoms with van der Waals surface area (Å²) in [6, 6.07) is 7.55. The average Bonchev–Trinajstić information content (AvgIpc) is 2.62. The largest absolute Gasteiger partial charge is 0.326 e. The van der Waals surface area contributed by atoms with E-state index in [-0.39, 0.29) is 11.8 Å². The zero-order valence-corrected chi connectivity index (χ0v) is 8.72. The highest BCUT2D eigenvalue weighted by molar-refractivity contribution is 6.58. The monoisotopic (exact) mass is 214 g/mol. The van der Waals surface area contributed by atoms with Crippen LogP contribution in [0.15, 0.2) is 36.4 Å². The number of carbonyl (C=O) groups is 2. The van der Waals surface area contributed by atoms with E-state index >= 15 is 0 Å². The summed E-state index contributed by atoms with van der Waals surface area (Å²) in [5, 5.41) is 0. The minimum atomic E-state index is -0.257. The second-order valence-electron chi connectivity index (χ2n) is 3.62. The Morgan fingerprint density at radius 2 is 1.62 bits per heavy atom. The Balaban J connectivity index is 2.09. The quantitative estimate of drug-likeness (QED) is 0.521. The number of rotatable bonds is 3. The van der Waals surface area contributed by atoms with E-state index in [9.17, 15) is 9.59 Å². The lowest BCUT2D eigenvalue weighted by molar-refractivity contribution is -0.131. The fourth-order valence-electron chi connectivity index (χ4n) is 1.55. The number of benzene rings is 1. The summed E-state index contributed by atoms with van der Waals surface area (Å²) in [7, 11) is 0.315. The molecule has 0 radical (unpaired) electrons. The van der Waals surface area contributed by atoms with Crippen LogP contribution in [0, 0.1) is 0 Å². The molecular formula is C11H11BN2O2. The smallest absolute Gasteiger partial charge is 0.283 e. The fraction of sp³-hybridized carbons (Fsp3) is 0.0909. The van der Waals surface area contributed by atoms with Crippen molar-refractivity contribution >= 4 is 24.7 Å². The molecular weight excluding hydrogens is 203 g/mol. The molecule has 1 heterocycles. The molecule has 2 rings (SSSR count). The summed E-state index contributed by atoms with van der Waals surface area (Å²) < 4.78 is 0. The lowest BCUT2D eigenvalue weighted by Crippen LogP contribution is -2.40. The third-order valence-electron chi connectivity index (χ3n) is 2.50. The summed E-state index contributed by atoms with van der Waals surface area (Å²) in [5.41, 5.74) is 7.43. The number of carbonyl (C=O) groups excluding carboxylic acids is 2. The number of amides is 2.